The lowest BCUT2D eigenvalue weighted by molar-refractivity contribution is -0.666. The number of H-pyrrole nitrogens is 1. The molecule has 2 aromatic rings. The average Bonchev–Trinajstić information content (AvgIpc) is 2.17. The van der Waals surface area contributed by atoms with Crippen molar-refractivity contribution in [2.75, 3.05) is 0 Å². The monoisotopic (exact) mass is 207 g/mol. The standard InChI is InChI=1S/C8H5N3O4/c12-6-4-1-2-11(15)10-7(4)9-3-5(6)8(13)14/h1-3H,(H,13,14)(H,9,10,12). The van der Waals surface area contributed by atoms with Gasteiger partial charge >= 0.3 is 5.97 Å². The zero-order chi connectivity index (χ0) is 11.0. The number of aromatic nitrogens is 3. The Kier molecular flexibility index (Phi) is 1.86. The van der Waals surface area contributed by atoms with E-state index in [1.165, 1.54) is 6.07 Å². The van der Waals surface area contributed by atoms with Crippen LogP contribution in [-0.4, -0.2) is 21.2 Å². The van der Waals surface area contributed by atoms with Crippen LogP contribution in [0.25, 0.3) is 11.0 Å². The van der Waals surface area contributed by atoms with E-state index in [0.29, 0.717) is 0 Å². The van der Waals surface area contributed by atoms with Crippen LogP contribution in [0.2, 0.25) is 0 Å². The molecular formula is C8H5N3O4. The molecule has 76 valence electrons. The van der Waals surface area contributed by atoms with Gasteiger partial charge in [-0.25, -0.2) is 4.79 Å². The topological polar surface area (TPSA) is 110 Å². The predicted molar refractivity (Wildman–Crippen MR) is 48.3 cm³/mol. The first kappa shape index (κ1) is 9.13. The van der Waals surface area contributed by atoms with Gasteiger partial charge in [-0.3, -0.25) is 4.79 Å². The van der Waals surface area contributed by atoms with Crippen molar-refractivity contribution in [3.05, 3.63) is 39.5 Å². The average molecular weight is 207 g/mol. The van der Waals surface area contributed by atoms with E-state index in [1.54, 1.807) is 0 Å². The first-order valence-electron chi connectivity index (χ1n) is 3.95. The first-order chi connectivity index (χ1) is 7.09. The zero-order valence-corrected chi connectivity index (χ0v) is 7.30. The van der Waals surface area contributed by atoms with E-state index in [4.69, 9.17) is 5.11 Å². The number of hydrogen-bond donors (Lipinski definition) is 2. The number of pyridine rings is 1. The summed E-state index contributed by atoms with van der Waals surface area (Å²) in [4.78, 5) is 24.9. The third-order valence-corrected chi connectivity index (χ3v) is 1.90. The van der Waals surface area contributed by atoms with Crippen LogP contribution in [0, 0.1) is 5.21 Å². The van der Waals surface area contributed by atoms with Crippen LogP contribution in [0.1, 0.15) is 10.4 Å². The molecule has 0 amide bonds. The van der Waals surface area contributed by atoms with Crippen LogP contribution < -0.4 is 10.3 Å². The van der Waals surface area contributed by atoms with Crippen LogP contribution in [0.4, 0.5) is 0 Å². The third-order valence-electron chi connectivity index (χ3n) is 1.90. The molecule has 15 heavy (non-hydrogen) atoms. The number of carboxylic acids is 1. The van der Waals surface area contributed by atoms with Crippen molar-refractivity contribution in [1.29, 1.82) is 0 Å². The Morgan fingerprint density at radius 2 is 2.33 bits per heavy atom. The second-order valence-corrected chi connectivity index (χ2v) is 2.82. The van der Waals surface area contributed by atoms with Crippen molar-refractivity contribution in [2.24, 2.45) is 0 Å². The highest BCUT2D eigenvalue weighted by Crippen LogP contribution is 2.01. The molecule has 0 unspecified atom stereocenters. The van der Waals surface area contributed by atoms with Gasteiger partial charge in [-0.05, 0) is 0 Å². The summed E-state index contributed by atoms with van der Waals surface area (Å²) in [6, 6.07) is 1.22. The molecule has 7 nitrogen and oxygen atoms in total. The van der Waals surface area contributed by atoms with Crippen LogP contribution in [0.15, 0.2) is 23.3 Å². The molecule has 0 spiro atoms. The van der Waals surface area contributed by atoms with Gasteiger partial charge in [0.1, 0.15) is 5.56 Å². The summed E-state index contributed by atoms with van der Waals surface area (Å²) in [5.41, 5.74) is -0.986. The fourth-order valence-electron chi connectivity index (χ4n) is 1.20. The lowest BCUT2D eigenvalue weighted by Crippen LogP contribution is -2.31. The smallest absolute Gasteiger partial charge is 0.341 e. The molecule has 0 saturated carbocycles. The molecule has 0 aliphatic carbocycles. The molecule has 7 heteroatoms. The quantitative estimate of drug-likeness (QED) is 0.472. The summed E-state index contributed by atoms with van der Waals surface area (Å²) >= 11 is 0. The second kappa shape index (κ2) is 3.05. The van der Waals surface area contributed by atoms with Crippen LogP contribution in [0.5, 0.6) is 0 Å². The fraction of sp³-hybridized carbons (Fsp3) is 0. The summed E-state index contributed by atoms with van der Waals surface area (Å²) in [5.74, 6) is -1.32. The van der Waals surface area contributed by atoms with Crippen molar-refractivity contribution >= 4 is 17.0 Å². The number of carboxylic acid groups (broad SMARTS) is 1. The van der Waals surface area contributed by atoms with E-state index in [2.05, 4.69) is 10.1 Å². The van der Waals surface area contributed by atoms with Crippen molar-refractivity contribution in [3.8, 4) is 0 Å². The van der Waals surface area contributed by atoms with Gasteiger partial charge in [0.25, 0.3) is 0 Å². The number of aromatic amines is 1. The maximum atomic E-state index is 11.5. The SMILES string of the molecule is O=C(O)c1c[nH]c2n[n+]([O-])ccc2c1=O. The van der Waals surface area contributed by atoms with Crippen LogP contribution >= 0.6 is 0 Å². The summed E-state index contributed by atoms with van der Waals surface area (Å²) < 4.78 is 0. The zero-order valence-electron chi connectivity index (χ0n) is 7.30. The maximum absolute atomic E-state index is 11.5. The minimum atomic E-state index is -1.32. The van der Waals surface area contributed by atoms with Gasteiger partial charge in [-0.15, -0.1) is 0 Å². The Balaban J connectivity index is 2.86. The molecule has 0 aromatic carbocycles. The summed E-state index contributed by atoms with van der Waals surface area (Å²) in [6.07, 6.45) is 2.04. The highest BCUT2D eigenvalue weighted by molar-refractivity contribution is 5.91. The molecule has 2 heterocycles. The van der Waals surface area contributed by atoms with E-state index >= 15 is 0 Å². The molecule has 2 aromatic heterocycles. The molecule has 0 bridgehead atoms. The number of nitrogens with one attached hydrogen (secondary N) is 1. The van der Waals surface area contributed by atoms with Gasteiger partial charge < -0.3 is 15.3 Å². The van der Waals surface area contributed by atoms with E-state index in [0.717, 1.165) is 12.4 Å². The predicted octanol–water partition coefficient (Wildman–Crippen LogP) is -0.745. The van der Waals surface area contributed by atoms with Crippen molar-refractivity contribution < 1.29 is 14.7 Å². The molecule has 0 radical (unpaired) electrons. The van der Waals surface area contributed by atoms with Gasteiger partial charge in [-0.1, -0.05) is 4.85 Å². The third kappa shape index (κ3) is 1.39. The van der Waals surface area contributed by atoms with E-state index < -0.39 is 11.4 Å². The van der Waals surface area contributed by atoms with E-state index in [-0.39, 0.29) is 21.4 Å². The van der Waals surface area contributed by atoms with E-state index in [9.17, 15) is 14.8 Å². The van der Waals surface area contributed by atoms with E-state index in [1.807, 2.05) is 0 Å². The number of nitrogens with zero attached hydrogens (tertiary/aromatic N) is 2. The Hall–Kier alpha value is -2.44. The number of fused-ring (bicyclic) bond motifs is 1. The molecule has 0 aliphatic heterocycles. The lowest BCUT2D eigenvalue weighted by atomic mass is 10.2. The molecular weight excluding hydrogens is 202 g/mol. The van der Waals surface area contributed by atoms with Crippen LogP contribution in [-0.2, 0) is 0 Å². The van der Waals surface area contributed by atoms with Gasteiger partial charge in [-0.2, -0.15) is 0 Å². The minimum Gasteiger partial charge on any atom is -0.594 e. The first-order valence-corrected chi connectivity index (χ1v) is 3.95. The molecule has 0 atom stereocenters. The highest BCUT2D eigenvalue weighted by Gasteiger charge is 2.13. The maximum Gasteiger partial charge on any atom is 0.341 e. The molecule has 0 fully saturated rings. The highest BCUT2D eigenvalue weighted by atomic mass is 16.5. The Bertz CT molecular complexity index is 604. The minimum absolute atomic E-state index is 0.0579. The Labute approximate surface area is 82.2 Å². The van der Waals surface area contributed by atoms with Crippen molar-refractivity contribution in [3.63, 3.8) is 0 Å². The van der Waals surface area contributed by atoms with Gasteiger partial charge in [0.15, 0.2) is 0 Å². The van der Waals surface area contributed by atoms with Crippen molar-refractivity contribution in [2.45, 2.75) is 0 Å². The summed E-state index contributed by atoms with van der Waals surface area (Å²) in [5, 5.41) is 23.0. The summed E-state index contributed by atoms with van der Waals surface area (Å²) in [7, 11) is 0. The Morgan fingerprint density at radius 1 is 1.60 bits per heavy atom. The normalized spacial score (nSPS) is 10.4. The molecule has 0 saturated heterocycles. The number of hydrogen-bond acceptors (Lipinski definition) is 4. The lowest BCUT2D eigenvalue weighted by Gasteiger charge is -1.97. The fourth-order valence-corrected chi connectivity index (χ4v) is 1.20. The van der Waals surface area contributed by atoms with Gasteiger partial charge in [0.05, 0.1) is 5.39 Å². The number of carbonyl (C=O) groups is 1. The van der Waals surface area contributed by atoms with Gasteiger partial charge in [0, 0.05) is 17.4 Å². The van der Waals surface area contributed by atoms with Crippen LogP contribution in [0.3, 0.4) is 0 Å². The summed E-state index contributed by atoms with van der Waals surface area (Å²) in [6.45, 7) is 0. The second-order valence-electron chi connectivity index (χ2n) is 2.82. The largest absolute Gasteiger partial charge is 0.594 e. The number of aromatic carboxylic acids is 1. The molecule has 2 rings (SSSR count). The van der Waals surface area contributed by atoms with Gasteiger partial charge in [0.2, 0.25) is 17.3 Å². The molecule has 0 aliphatic rings. The Morgan fingerprint density at radius 3 is 3.00 bits per heavy atom. The molecule has 2 N–H and O–H groups in total. The number of rotatable bonds is 1. The van der Waals surface area contributed by atoms with Crippen molar-refractivity contribution in [1.82, 2.24) is 10.1 Å².